The van der Waals surface area contributed by atoms with Crippen molar-refractivity contribution >= 4 is 40.9 Å². The third-order valence-electron chi connectivity index (χ3n) is 4.02. The fourth-order valence-electron chi connectivity index (χ4n) is 2.84. The smallest absolute Gasteiger partial charge is 0.194 e. The van der Waals surface area contributed by atoms with E-state index < -0.39 is 0 Å². The summed E-state index contributed by atoms with van der Waals surface area (Å²) < 4.78 is 0. The van der Waals surface area contributed by atoms with Gasteiger partial charge in [-0.1, -0.05) is 53.5 Å². The Labute approximate surface area is 149 Å². The maximum atomic E-state index is 12.6. The summed E-state index contributed by atoms with van der Waals surface area (Å²) in [6.07, 6.45) is 1.70. The number of halogens is 2. The molecule has 1 aliphatic carbocycles. The summed E-state index contributed by atoms with van der Waals surface area (Å²) in [6, 6.07) is 18.5. The van der Waals surface area contributed by atoms with Crippen molar-refractivity contribution in [2.45, 2.75) is 0 Å². The van der Waals surface area contributed by atoms with Crippen LogP contribution in [0, 0.1) is 0 Å². The molecule has 0 aromatic heterocycles. The normalized spacial score (nSPS) is 12.5. The van der Waals surface area contributed by atoms with Crippen LogP contribution in [0.4, 0.5) is 5.69 Å². The fraction of sp³-hybridized carbons (Fsp3) is 0. The molecule has 3 aromatic rings. The Morgan fingerprint density at radius 3 is 2.29 bits per heavy atom. The molecule has 0 bridgehead atoms. The molecule has 0 unspecified atom stereocenters. The van der Waals surface area contributed by atoms with Crippen molar-refractivity contribution in [3.05, 3.63) is 87.4 Å². The topological polar surface area (TPSA) is 29.4 Å². The number of carbonyl (C=O) groups excluding carboxylic acids is 1. The van der Waals surface area contributed by atoms with Crippen LogP contribution in [-0.2, 0) is 0 Å². The molecule has 0 N–H and O–H groups in total. The molecule has 2 nitrogen and oxygen atoms in total. The van der Waals surface area contributed by atoms with Crippen molar-refractivity contribution < 1.29 is 4.79 Å². The molecular weight excluding hydrogens is 341 g/mol. The second kappa shape index (κ2) is 5.90. The van der Waals surface area contributed by atoms with Crippen molar-refractivity contribution in [2.75, 3.05) is 0 Å². The van der Waals surface area contributed by atoms with Gasteiger partial charge in [0, 0.05) is 33.0 Å². The zero-order chi connectivity index (χ0) is 16.7. The summed E-state index contributed by atoms with van der Waals surface area (Å²) in [7, 11) is 0. The van der Waals surface area contributed by atoms with Crippen molar-refractivity contribution in [3.63, 3.8) is 0 Å². The number of benzene rings is 3. The van der Waals surface area contributed by atoms with Gasteiger partial charge in [0.05, 0.1) is 5.69 Å². The molecule has 24 heavy (non-hydrogen) atoms. The van der Waals surface area contributed by atoms with E-state index in [2.05, 4.69) is 4.99 Å². The molecule has 0 spiro atoms. The maximum Gasteiger partial charge on any atom is 0.194 e. The highest BCUT2D eigenvalue weighted by molar-refractivity contribution is 6.33. The zero-order valence-corrected chi connectivity index (χ0v) is 14.0. The van der Waals surface area contributed by atoms with Crippen molar-refractivity contribution in [2.24, 2.45) is 4.99 Å². The minimum atomic E-state index is -0.0164. The lowest BCUT2D eigenvalue weighted by molar-refractivity contribution is 0.104. The van der Waals surface area contributed by atoms with Gasteiger partial charge in [0.1, 0.15) is 0 Å². The number of aliphatic imine (C=N–C) groups is 1. The second-order valence-electron chi connectivity index (χ2n) is 5.53. The number of carbonyl (C=O) groups is 1. The molecule has 0 aliphatic heterocycles. The largest absolute Gasteiger partial charge is 0.289 e. The number of hydrogen-bond acceptors (Lipinski definition) is 2. The standard InChI is InChI=1S/C20H11Cl2NO/c21-13-5-7-15-16-8-6-14(10-18(16)20(24)17(15)9-13)23-11-12-3-1-2-4-19(12)22/h1-11H. The summed E-state index contributed by atoms with van der Waals surface area (Å²) >= 11 is 12.1. The molecule has 0 atom stereocenters. The van der Waals surface area contributed by atoms with E-state index in [1.54, 1.807) is 24.4 Å². The molecular formula is C20H11Cl2NO. The second-order valence-corrected chi connectivity index (χ2v) is 6.37. The molecule has 0 radical (unpaired) electrons. The molecule has 0 amide bonds. The molecule has 0 heterocycles. The van der Waals surface area contributed by atoms with Gasteiger partial charge in [-0.2, -0.15) is 0 Å². The molecule has 3 aromatic carbocycles. The number of rotatable bonds is 2. The average molecular weight is 352 g/mol. The summed E-state index contributed by atoms with van der Waals surface area (Å²) in [6.45, 7) is 0. The molecule has 1 aliphatic rings. The van der Waals surface area contributed by atoms with E-state index in [-0.39, 0.29) is 5.78 Å². The predicted molar refractivity (Wildman–Crippen MR) is 99.0 cm³/mol. The van der Waals surface area contributed by atoms with Crippen LogP contribution in [0.1, 0.15) is 21.5 Å². The quantitative estimate of drug-likeness (QED) is 0.410. The third-order valence-corrected chi connectivity index (χ3v) is 4.60. The number of hydrogen-bond donors (Lipinski definition) is 0. The van der Waals surface area contributed by atoms with Crippen LogP contribution in [0.15, 0.2) is 65.7 Å². The first-order valence-corrected chi connectivity index (χ1v) is 8.16. The summed E-state index contributed by atoms with van der Waals surface area (Å²) in [5.41, 5.74) is 4.68. The summed E-state index contributed by atoms with van der Waals surface area (Å²) in [5.74, 6) is -0.0164. The van der Waals surface area contributed by atoms with E-state index in [4.69, 9.17) is 23.2 Å². The van der Waals surface area contributed by atoms with Crippen LogP contribution in [0.2, 0.25) is 10.0 Å². The molecule has 4 rings (SSSR count). The monoisotopic (exact) mass is 351 g/mol. The van der Waals surface area contributed by atoms with E-state index in [1.165, 1.54) is 0 Å². The van der Waals surface area contributed by atoms with Gasteiger partial charge >= 0.3 is 0 Å². The van der Waals surface area contributed by atoms with Crippen LogP contribution < -0.4 is 0 Å². The molecule has 0 saturated carbocycles. The van der Waals surface area contributed by atoms with E-state index in [0.717, 1.165) is 16.7 Å². The lowest BCUT2D eigenvalue weighted by atomic mass is 10.1. The van der Waals surface area contributed by atoms with Gasteiger partial charge in [-0.3, -0.25) is 9.79 Å². The van der Waals surface area contributed by atoms with Gasteiger partial charge in [0.15, 0.2) is 5.78 Å². The average Bonchev–Trinajstić information content (AvgIpc) is 2.86. The molecule has 116 valence electrons. The molecule has 0 saturated heterocycles. The fourth-order valence-corrected chi connectivity index (χ4v) is 3.20. The zero-order valence-electron chi connectivity index (χ0n) is 12.5. The lowest BCUT2D eigenvalue weighted by Gasteiger charge is -2.01. The van der Waals surface area contributed by atoms with Crippen LogP contribution in [0.25, 0.3) is 11.1 Å². The lowest BCUT2D eigenvalue weighted by Crippen LogP contribution is -1.94. The van der Waals surface area contributed by atoms with Gasteiger partial charge in [0.25, 0.3) is 0 Å². The first-order chi connectivity index (χ1) is 11.6. The van der Waals surface area contributed by atoms with Gasteiger partial charge in [-0.15, -0.1) is 0 Å². The summed E-state index contributed by atoms with van der Waals surface area (Å²) in [5, 5.41) is 1.20. The summed E-state index contributed by atoms with van der Waals surface area (Å²) in [4.78, 5) is 17.0. The van der Waals surface area contributed by atoms with E-state index in [0.29, 0.717) is 26.9 Å². The minimum absolute atomic E-state index is 0.0164. The Balaban J connectivity index is 1.72. The van der Waals surface area contributed by atoms with Crippen molar-refractivity contribution in [3.8, 4) is 11.1 Å². The first-order valence-electron chi connectivity index (χ1n) is 7.41. The van der Waals surface area contributed by atoms with Crippen molar-refractivity contribution in [1.82, 2.24) is 0 Å². The van der Waals surface area contributed by atoms with Crippen LogP contribution in [0.5, 0.6) is 0 Å². The number of nitrogens with zero attached hydrogens (tertiary/aromatic N) is 1. The first kappa shape index (κ1) is 15.1. The predicted octanol–water partition coefficient (Wildman–Crippen LogP) is 5.96. The Kier molecular flexibility index (Phi) is 3.72. The minimum Gasteiger partial charge on any atom is -0.289 e. The third kappa shape index (κ3) is 2.54. The Morgan fingerprint density at radius 1 is 0.792 bits per heavy atom. The highest BCUT2D eigenvalue weighted by Gasteiger charge is 2.26. The van der Waals surface area contributed by atoms with Gasteiger partial charge < -0.3 is 0 Å². The molecule has 4 heteroatoms. The number of ketones is 1. The van der Waals surface area contributed by atoms with Gasteiger partial charge in [0.2, 0.25) is 0 Å². The van der Waals surface area contributed by atoms with Crippen molar-refractivity contribution in [1.29, 1.82) is 0 Å². The van der Waals surface area contributed by atoms with E-state index in [9.17, 15) is 4.79 Å². The Hall–Kier alpha value is -2.42. The van der Waals surface area contributed by atoms with E-state index >= 15 is 0 Å². The van der Waals surface area contributed by atoms with Crippen LogP contribution >= 0.6 is 23.2 Å². The Morgan fingerprint density at radius 2 is 1.50 bits per heavy atom. The highest BCUT2D eigenvalue weighted by Crippen LogP contribution is 2.39. The SMILES string of the molecule is O=C1c2cc(Cl)ccc2-c2ccc(N=Cc3ccccc3Cl)cc21. The van der Waals surface area contributed by atoms with E-state index in [1.807, 2.05) is 42.5 Å². The molecule has 0 fully saturated rings. The van der Waals surface area contributed by atoms with Crippen LogP contribution in [0.3, 0.4) is 0 Å². The number of fused-ring (bicyclic) bond motifs is 3. The van der Waals surface area contributed by atoms with Gasteiger partial charge in [-0.05, 0) is 41.5 Å². The Bertz CT molecular complexity index is 1010. The van der Waals surface area contributed by atoms with Gasteiger partial charge in [-0.25, -0.2) is 0 Å². The maximum absolute atomic E-state index is 12.6. The van der Waals surface area contributed by atoms with Crippen LogP contribution in [-0.4, -0.2) is 12.0 Å². The highest BCUT2D eigenvalue weighted by atomic mass is 35.5.